The smallest absolute Gasteiger partial charge is 0.181 e. The zero-order chi connectivity index (χ0) is 10.8. The first-order valence-corrected chi connectivity index (χ1v) is 4.46. The molecule has 15 heavy (non-hydrogen) atoms. The van der Waals surface area contributed by atoms with Crippen molar-refractivity contribution in [1.82, 2.24) is 4.98 Å². The molecule has 0 saturated heterocycles. The maximum Gasteiger partial charge on any atom is 0.181 e. The van der Waals surface area contributed by atoms with Gasteiger partial charge in [0.1, 0.15) is 5.52 Å². The van der Waals surface area contributed by atoms with Crippen molar-refractivity contribution in [2.45, 2.75) is 6.04 Å². The molecule has 2 aromatic rings. The summed E-state index contributed by atoms with van der Waals surface area (Å²) in [5.41, 5.74) is 7.06. The number of nitrogens with zero attached hydrogens (tertiary/aromatic N) is 1. The minimum Gasteiger partial charge on any atom is -0.443 e. The van der Waals surface area contributed by atoms with Gasteiger partial charge in [-0.1, -0.05) is 0 Å². The monoisotopic (exact) mass is 206 g/mol. The molecule has 1 heterocycles. The first-order chi connectivity index (χ1) is 7.22. The molecular weight excluding hydrogens is 196 g/mol. The van der Waals surface area contributed by atoms with Crippen LogP contribution in [-0.2, 0) is 0 Å². The van der Waals surface area contributed by atoms with Gasteiger partial charge in [0.15, 0.2) is 17.8 Å². The van der Waals surface area contributed by atoms with Crippen molar-refractivity contribution in [2.24, 2.45) is 5.73 Å². The summed E-state index contributed by atoms with van der Waals surface area (Å²) in [6.07, 6.45) is 1.31. The number of oxazole rings is 1. The zero-order valence-electron chi connectivity index (χ0n) is 7.88. The zero-order valence-corrected chi connectivity index (χ0v) is 7.88. The number of aliphatic hydroxyl groups is 1. The number of fused-ring (bicyclic) bond motifs is 1. The van der Waals surface area contributed by atoms with Crippen LogP contribution in [-0.4, -0.2) is 28.5 Å². The fourth-order valence-electron chi connectivity index (χ4n) is 1.31. The van der Waals surface area contributed by atoms with Gasteiger partial charge in [-0.15, -0.1) is 0 Å². The van der Waals surface area contributed by atoms with Crippen molar-refractivity contribution in [1.29, 1.82) is 0 Å². The number of benzene rings is 1. The number of aromatic nitrogens is 1. The van der Waals surface area contributed by atoms with Crippen LogP contribution in [0.1, 0.15) is 10.4 Å². The molecule has 3 N–H and O–H groups in total. The lowest BCUT2D eigenvalue weighted by molar-refractivity contribution is 0.0925. The quantitative estimate of drug-likeness (QED) is 0.706. The van der Waals surface area contributed by atoms with Gasteiger partial charge < -0.3 is 15.3 Å². The van der Waals surface area contributed by atoms with Gasteiger partial charge in [-0.3, -0.25) is 4.79 Å². The fraction of sp³-hybridized carbons (Fsp3) is 0.200. The predicted molar refractivity (Wildman–Crippen MR) is 53.4 cm³/mol. The Bertz CT molecular complexity index is 492. The number of ketones is 1. The van der Waals surface area contributed by atoms with Gasteiger partial charge in [-0.2, -0.15) is 0 Å². The Balaban J connectivity index is 2.39. The van der Waals surface area contributed by atoms with E-state index in [0.29, 0.717) is 16.7 Å². The van der Waals surface area contributed by atoms with Crippen molar-refractivity contribution in [3.63, 3.8) is 0 Å². The van der Waals surface area contributed by atoms with E-state index in [9.17, 15) is 4.79 Å². The Hall–Kier alpha value is -1.72. The normalized spacial score (nSPS) is 12.9. The highest BCUT2D eigenvalue weighted by Gasteiger charge is 2.15. The summed E-state index contributed by atoms with van der Waals surface area (Å²) in [6, 6.07) is 3.98. The third-order valence-corrected chi connectivity index (χ3v) is 2.15. The molecule has 78 valence electrons. The first-order valence-electron chi connectivity index (χ1n) is 4.46. The van der Waals surface area contributed by atoms with Gasteiger partial charge >= 0.3 is 0 Å². The van der Waals surface area contributed by atoms with Crippen LogP contribution >= 0.6 is 0 Å². The van der Waals surface area contributed by atoms with Crippen LogP contribution in [0.3, 0.4) is 0 Å². The molecular formula is C10H10N2O3. The molecule has 1 aromatic carbocycles. The Morgan fingerprint density at radius 2 is 2.40 bits per heavy atom. The fourth-order valence-corrected chi connectivity index (χ4v) is 1.31. The van der Waals surface area contributed by atoms with E-state index < -0.39 is 6.04 Å². The topological polar surface area (TPSA) is 89.4 Å². The molecule has 0 amide bonds. The standard InChI is InChI=1S/C10H10N2O3/c11-7(4-13)10(14)6-1-2-8-9(3-6)15-5-12-8/h1-3,5,7,13H,4,11H2. The summed E-state index contributed by atoms with van der Waals surface area (Å²) in [7, 11) is 0. The van der Waals surface area contributed by atoms with E-state index in [0.717, 1.165) is 0 Å². The molecule has 0 saturated carbocycles. The van der Waals surface area contributed by atoms with Crippen LogP contribution in [0.5, 0.6) is 0 Å². The Kier molecular flexibility index (Phi) is 2.49. The van der Waals surface area contributed by atoms with Gasteiger partial charge in [-0.05, 0) is 18.2 Å². The largest absolute Gasteiger partial charge is 0.443 e. The molecule has 0 spiro atoms. The van der Waals surface area contributed by atoms with Gasteiger partial charge in [0.25, 0.3) is 0 Å². The maximum atomic E-state index is 11.6. The molecule has 0 radical (unpaired) electrons. The molecule has 0 fully saturated rings. The van der Waals surface area contributed by atoms with Crippen molar-refractivity contribution in [3.8, 4) is 0 Å². The summed E-state index contributed by atoms with van der Waals surface area (Å²) in [5, 5.41) is 8.76. The SMILES string of the molecule is NC(CO)C(=O)c1ccc2ncoc2c1. The Morgan fingerprint density at radius 1 is 1.60 bits per heavy atom. The van der Waals surface area contributed by atoms with E-state index in [1.165, 1.54) is 6.39 Å². The molecule has 0 bridgehead atoms. The molecule has 1 aromatic heterocycles. The highest BCUT2D eigenvalue weighted by atomic mass is 16.3. The van der Waals surface area contributed by atoms with Gasteiger partial charge in [-0.25, -0.2) is 4.98 Å². The predicted octanol–water partition coefficient (Wildman–Crippen LogP) is 0.330. The summed E-state index contributed by atoms with van der Waals surface area (Å²) >= 11 is 0. The van der Waals surface area contributed by atoms with Crippen LogP contribution in [0.4, 0.5) is 0 Å². The Morgan fingerprint density at radius 3 is 3.13 bits per heavy atom. The van der Waals surface area contributed by atoms with E-state index >= 15 is 0 Å². The van der Waals surface area contributed by atoms with Crippen LogP contribution in [0, 0.1) is 0 Å². The lowest BCUT2D eigenvalue weighted by Gasteiger charge is -2.05. The van der Waals surface area contributed by atoms with Gasteiger partial charge in [0.05, 0.1) is 12.6 Å². The number of rotatable bonds is 3. The molecule has 1 atom stereocenters. The second kappa shape index (κ2) is 3.80. The van der Waals surface area contributed by atoms with E-state index in [4.69, 9.17) is 15.3 Å². The van der Waals surface area contributed by atoms with Crippen molar-refractivity contribution >= 4 is 16.9 Å². The van der Waals surface area contributed by atoms with Gasteiger partial charge in [0.2, 0.25) is 0 Å². The molecule has 0 aliphatic rings. The molecule has 5 heteroatoms. The van der Waals surface area contributed by atoms with Crippen molar-refractivity contribution < 1.29 is 14.3 Å². The Labute approximate surface area is 85.5 Å². The minimum atomic E-state index is -0.884. The molecule has 0 aliphatic carbocycles. The second-order valence-electron chi connectivity index (χ2n) is 3.19. The molecule has 1 unspecified atom stereocenters. The number of carbonyl (C=O) groups is 1. The lowest BCUT2D eigenvalue weighted by atomic mass is 10.1. The van der Waals surface area contributed by atoms with E-state index in [1.54, 1.807) is 18.2 Å². The third kappa shape index (κ3) is 1.74. The third-order valence-electron chi connectivity index (χ3n) is 2.15. The van der Waals surface area contributed by atoms with Crippen molar-refractivity contribution in [2.75, 3.05) is 6.61 Å². The molecule has 2 rings (SSSR count). The summed E-state index contributed by atoms with van der Waals surface area (Å²) in [6.45, 7) is -0.368. The highest BCUT2D eigenvalue weighted by Crippen LogP contribution is 2.15. The molecule has 0 aliphatic heterocycles. The van der Waals surface area contributed by atoms with E-state index in [2.05, 4.69) is 4.98 Å². The lowest BCUT2D eigenvalue weighted by Crippen LogP contribution is -2.33. The van der Waals surface area contributed by atoms with E-state index in [-0.39, 0.29) is 12.4 Å². The van der Waals surface area contributed by atoms with Crippen LogP contribution in [0.25, 0.3) is 11.1 Å². The van der Waals surface area contributed by atoms with Crippen LogP contribution < -0.4 is 5.73 Å². The number of hydrogen-bond acceptors (Lipinski definition) is 5. The van der Waals surface area contributed by atoms with E-state index in [1.807, 2.05) is 0 Å². The number of aliphatic hydroxyl groups excluding tert-OH is 1. The van der Waals surface area contributed by atoms with Crippen LogP contribution in [0.15, 0.2) is 29.0 Å². The molecule has 5 nitrogen and oxygen atoms in total. The number of carbonyl (C=O) groups excluding carboxylic acids is 1. The minimum absolute atomic E-state index is 0.309. The van der Waals surface area contributed by atoms with Crippen LogP contribution in [0.2, 0.25) is 0 Å². The average Bonchev–Trinajstić information content (AvgIpc) is 2.73. The van der Waals surface area contributed by atoms with Gasteiger partial charge in [0, 0.05) is 5.56 Å². The van der Waals surface area contributed by atoms with Crippen molar-refractivity contribution in [3.05, 3.63) is 30.2 Å². The highest BCUT2D eigenvalue weighted by molar-refractivity contribution is 6.02. The summed E-state index contributed by atoms with van der Waals surface area (Å²) in [5.74, 6) is -0.309. The average molecular weight is 206 g/mol. The second-order valence-corrected chi connectivity index (χ2v) is 3.19. The first kappa shape index (κ1) is 9.82. The number of hydrogen-bond donors (Lipinski definition) is 2. The summed E-state index contributed by atoms with van der Waals surface area (Å²) < 4.78 is 5.06. The maximum absolute atomic E-state index is 11.6. The number of nitrogens with two attached hydrogens (primary N) is 1. The summed E-state index contributed by atoms with van der Waals surface area (Å²) in [4.78, 5) is 15.5. The number of Topliss-reactive ketones (excluding diaryl/α,β-unsaturated/α-hetero) is 1.